The molecule has 1 rings (SSSR count). The summed E-state index contributed by atoms with van der Waals surface area (Å²) in [5, 5.41) is 3.17. The van der Waals surface area contributed by atoms with E-state index in [0.717, 1.165) is 32.1 Å². The minimum atomic E-state index is -0.0993. The lowest BCUT2D eigenvalue weighted by Gasteiger charge is -2.30. The van der Waals surface area contributed by atoms with Crippen LogP contribution in [0.1, 0.15) is 65.7 Å². The van der Waals surface area contributed by atoms with E-state index in [1.54, 1.807) is 0 Å². The molecule has 1 aliphatic rings. The van der Waals surface area contributed by atoms with Gasteiger partial charge in [0.15, 0.2) is 0 Å². The SMILES string of the molecule is CCCC(C)(C)NC(=O)C1CCCCCC1N. The zero-order valence-corrected chi connectivity index (χ0v) is 11.6. The van der Waals surface area contributed by atoms with Gasteiger partial charge in [0, 0.05) is 11.6 Å². The van der Waals surface area contributed by atoms with Crippen LogP contribution in [0.3, 0.4) is 0 Å². The highest BCUT2D eigenvalue weighted by Crippen LogP contribution is 2.23. The van der Waals surface area contributed by atoms with Gasteiger partial charge in [-0.05, 0) is 33.1 Å². The molecule has 0 spiro atoms. The van der Waals surface area contributed by atoms with Crippen LogP contribution in [-0.2, 0) is 4.79 Å². The van der Waals surface area contributed by atoms with Crippen LogP contribution in [0.15, 0.2) is 0 Å². The molecule has 1 aliphatic carbocycles. The van der Waals surface area contributed by atoms with Crippen molar-refractivity contribution in [3.63, 3.8) is 0 Å². The average molecular weight is 240 g/mol. The van der Waals surface area contributed by atoms with Gasteiger partial charge in [0.1, 0.15) is 0 Å². The Bertz CT molecular complexity index is 251. The molecule has 3 N–H and O–H groups in total. The maximum Gasteiger partial charge on any atom is 0.225 e. The van der Waals surface area contributed by atoms with Crippen LogP contribution in [0.4, 0.5) is 0 Å². The molecule has 1 fully saturated rings. The van der Waals surface area contributed by atoms with Crippen molar-refractivity contribution < 1.29 is 4.79 Å². The third kappa shape index (κ3) is 4.66. The van der Waals surface area contributed by atoms with Crippen molar-refractivity contribution in [3.8, 4) is 0 Å². The van der Waals surface area contributed by atoms with Gasteiger partial charge in [-0.2, -0.15) is 0 Å². The first-order valence-electron chi connectivity index (χ1n) is 7.04. The lowest BCUT2D eigenvalue weighted by atomic mass is 9.92. The molecular formula is C14H28N2O. The van der Waals surface area contributed by atoms with Gasteiger partial charge in [-0.15, -0.1) is 0 Å². The highest BCUT2D eigenvalue weighted by Gasteiger charge is 2.30. The highest BCUT2D eigenvalue weighted by atomic mass is 16.2. The van der Waals surface area contributed by atoms with E-state index in [1.807, 2.05) is 0 Å². The van der Waals surface area contributed by atoms with Gasteiger partial charge in [-0.1, -0.05) is 32.6 Å². The summed E-state index contributed by atoms with van der Waals surface area (Å²) in [6.45, 7) is 6.33. The Balaban J connectivity index is 2.55. The second-order valence-corrected chi connectivity index (χ2v) is 6.03. The Labute approximate surface area is 106 Å². The fraction of sp³-hybridized carbons (Fsp3) is 0.929. The number of nitrogens with one attached hydrogen (secondary N) is 1. The summed E-state index contributed by atoms with van der Waals surface area (Å²) in [6, 6.07) is 0.0509. The van der Waals surface area contributed by atoms with Crippen LogP contribution >= 0.6 is 0 Å². The molecule has 0 radical (unpaired) electrons. The molecule has 17 heavy (non-hydrogen) atoms. The van der Waals surface area contributed by atoms with Crippen LogP contribution in [0, 0.1) is 5.92 Å². The molecule has 0 aromatic carbocycles. The smallest absolute Gasteiger partial charge is 0.225 e. The summed E-state index contributed by atoms with van der Waals surface area (Å²) >= 11 is 0. The molecule has 2 atom stereocenters. The van der Waals surface area contributed by atoms with E-state index in [4.69, 9.17) is 5.73 Å². The maximum atomic E-state index is 12.3. The average Bonchev–Trinajstić information content (AvgIpc) is 2.41. The molecular weight excluding hydrogens is 212 g/mol. The van der Waals surface area contributed by atoms with Crippen molar-refractivity contribution in [1.82, 2.24) is 5.32 Å². The molecule has 0 heterocycles. The first kappa shape index (κ1) is 14.5. The van der Waals surface area contributed by atoms with E-state index >= 15 is 0 Å². The van der Waals surface area contributed by atoms with Gasteiger partial charge in [0.05, 0.1) is 5.92 Å². The molecule has 0 aliphatic heterocycles. The largest absolute Gasteiger partial charge is 0.351 e. The molecule has 0 saturated heterocycles. The normalized spacial score (nSPS) is 26.4. The Morgan fingerprint density at radius 3 is 2.59 bits per heavy atom. The summed E-state index contributed by atoms with van der Waals surface area (Å²) in [4.78, 5) is 12.3. The Morgan fingerprint density at radius 1 is 1.29 bits per heavy atom. The fourth-order valence-electron chi connectivity index (χ4n) is 2.78. The molecule has 1 saturated carbocycles. The van der Waals surface area contributed by atoms with Gasteiger partial charge in [0.2, 0.25) is 5.91 Å². The third-order valence-electron chi connectivity index (χ3n) is 3.74. The quantitative estimate of drug-likeness (QED) is 0.742. The third-order valence-corrected chi connectivity index (χ3v) is 3.74. The van der Waals surface area contributed by atoms with Gasteiger partial charge in [0.25, 0.3) is 0 Å². The molecule has 2 unspecified atom stereocenters. The maximum absolute atomic E-state index is 12.3. The van der Waals surface area contributed by atoms with E-state index in [0.29, 0.717) is 0 Å². The second kappa shape index (κ2) is 6.39. The molecule has 3 nitrogen and oxygen atoms in total. The van der Waals surface area contributed by atoms with Crippen molar-refractivity contribution >= 4 is 5.91 Å². The van der Waals surface area contributed by atoms with Gasteiger partial charge < -0.3 is 11.1 Å². The Hall–Kier alpha value is -0.570. The summed E-state index contributed by atoms with van der Waals surface area (Å²) in [7, 11) is 0. The van der Waals surface area contributed by atoms with Crippen molar-refractivity contribution in [3.05, 3.63) is 0 Å². The van der Waals surface area contributed by atoms with E-state index in [-0.39, 0.29) is 23.4 Å². The van der Waals surface area contributed by atoms with Crippen molar-refractivity contribution in [2.75, 3.05) is 0 Å². The number of carbonyl (C=O) groups excluding carboxylic acids is 1. The predicted molar refractivity (Wildman–Crippen MR) is 71.7 cm³/mol. The molecule has 0 aromatic rings. The van der Waals surface area contributed by atoms with E-state index in [2.05, 4.69) is 26.1 Å². The Morgan fingerprint density at radius 2 is 1.94 bits per heavy atom. The van der Waals surface area contributed by atoms with Gasteiger partial charge in [-0.25, -0.2) is 0 Å². The molecule has 1 amide bonds. The number of amides is 1. The lowest BCUT2D eigenvalue weighted by molar-refractivity contribution is -0.127. The van der Waals surface area contributed by atoms with Crippen LogP contribution < -0.4 is 11.1 Å². The van der Waals surface area contributed by atoms with E-state index in [1.165, 1.54) is 12.8 Å². The number of hydrogen-bond donors (Lipinski definition) is 2. The summed E-state index contributed by atoms with van der Waals surface area (Å²) in [6.07, 6.45) is 7.57. The topological polar surface area (TPSA) is 55.1 Å². The van der Waals surface area contributed by atoms with E-state index in [9.17, 15) is 4.79 Å². The van der Waals surface area contributed by atoms with Crippen molar-refractivity contribution in [2.24, 2.45) is 11.7 Å². The minimum absolute atomic E-state index is 0.0219. The number of rotatable bonds is 4. The summed E-state index contributed by atoms with van der Waals surface area (Å²) in [5.74, 6) is 0.187. The van der Waals surface area contributed by atoms with Crippen molar-refractivity contribution in [2.45, 2.75) is 77.3 Å². The molecule has 0 aromatic heterocycles. The summed E-state index contributed by atoms with van der Waals surface area (Å²) in [5.41, 5.74) is 6.01. The number of nitrogens with two attached hydrogens (primary N) is 1. The second-order valence-electron chi connectivity index (χ2n) is 6.03. The number of carbonyl (C=O) groups is 1. The molecule has 100 valence electrons. The Kier molecular flexibility index (Phi) is 5.44. The van der Waals surface area contributed by atoms with Crippen molar-refractivity contribution in [1.29, 1.82) is 0 Å². The minimum Gasteiger partial charge on any atom is -0.351 e. The lowest BCUT2D eigenvalue weighted by Crippen LogP contribution is -2.49. The van der Waals surface area contributed by atoms with Crippen LogP contribution in [-0.4, -0.2) is 17.5 Å². The standard InChI is InChI=1S/C14H28N2O/c1-4-10-14(2,3)16-13(17)11-8-6-5-7-9-12(11)15/h11-12H,4-10,15H2,1-3H3,(H,16,17). The first-order valence-corrected chi connectivity index (χ1v) is 7.04. The number of hydrogen-bond acceptors (Lipinski definition) is 2. The zero-order valence-electron chi connectivity index (χ0n) is 11.6. The monoisotopic (exact) mass is 240 g/mol. The van der Waals surface area contributed by atoms with Crippen LogP contribution in [0.5, 0.6) is 0 Å². The van der Waals surface area contributed by atoms with Gasteiger partial charge in [-0.3, -0.25) is 4.79 Å². The fourth-order valence-corrected chi connectivity index (χ4v) is 2.78. The molecule has 3 heteroatoms. The predicted octanol–water partition coefficient (Wildman–Crippen LogP) is 2.59. The highest BCUT2D eigenvalue weighted by molar-refractivity contribution is 5.80. The van der Waals surface area contributed by atoms with E-state index < -0.39 is 0 Å². The van der Waals surface area contributed by atoms with Crippen LogP contribution in [0.2, 0.25) is 0 Å². The summed E-state index contributed by atoms with van der Waals surface area (Å²) < 4.78 is 0. The van der Waals surface area contributed by atoms with Gasteiger partial charge >= 0.3 is 0 Å². The zero-order chi connectivity index (χ0) is 12.9. The molecule has 0 bridgehead atoms. The first-order chi connectivity index (χ1) is 7.96. The van der Waals surface area contributed by atoms with Crippen LogP contribution in [0.25, 0.3) is 0 Å².